The summed E-state index contributed by atoms with van der Waals surface area (Å²) >= 11 is 5.93. The molecule has 134 valence electrons. The lowest BCUT2D eigenvalue weighted by atomic mass is 10.2. The van der Waals surface area contributed by atoms with Crippen molar-refractivity contribution in [1.29, 1.82) is 0 Å². The number of nitrogens with zero attached hydrogens (tertiary/aromatic N) is 2. The van der Waals surface area contributed by atoms with E-state index in [1.54, 1.807) is 6.08 Å². The molecule has 1 aliphatic rings. The fraction of sp³-hybridized carbons (Fsp3) is 0.0500. The molecule has 2 aromatic carbocycles. The largest absolute Gasteiger partial charge is 0.293 e. The normalized spacial score (nSPS) is 15.7. The highest BCUT2D eigenvalue weighted by Gasteiger charge is 2.35. The van der Waals surface area contributed by atoms with Gasteiger partial charge >= 0.3 is 0 Å². The van der Waals surface area contributed by atoms with Crippen molar-refractivity contribution >= 4 is 56.3 Å². The van der Waals surface area contributed by atoms with Crippen LogP contribution in [0.2, 0.25) is 0 Å². The number of thiazole rings is 1. The van der Waals surface area contributed by atoms with E-state index in [1.807, 2.05) is 60.0 Å². The Kier molecular flexibility index (Phi) is 5.24. The molecule has 7 heteroatoms. The van der Waals surface area contributed by atoms with Gasteiger partial charge in [0.2, 0.25) is 0 Å². The summed E-state index contributed by atoms with van der Waals surface area (Å²) in [6.45, 7) is 0.182. The fourth-order valence-electron chi connectivity index (χ4n) is 2.62. The number of carbonyl (C=O) groups excluding carboxylic acids is 2. The average Bonchev–Trinajstić information content (AvgIpc) is 3.25. The Balaban J connectivity index is 1.54. The number of hydrogen-bond donors (Lipinski definition) is 0. The molecule has 0 saturated carbocycles. The minimum absolute atomic E-state index is 0.182. The first-order valence-corrected chi connectivity index (χ1v) is 10.6. The molecule has 1 fully saturated rings. The second kappa shape index (κ2) is 7.80. The minimum Gasteiger partial charge on any atom is -0.268 e. The van der Waals surface area contributed by atoms with Gasteiger partial charge < -0.3 is 0 Å². The fourth-order valence-corrected chi connectivity index (χ4v) is 4.67. The highest BCUT2D eigenvalue weighted by Crippen LogP contribution is 2.35. The van der Waals surface area contributed by atoms with Crippen LogP contribution in [0.5, 0.6) is 0 Å². The average molecular weight is 457 g/mol. The van der Waals surface area contributed by atoms with Crippen molar-refractivity contribution in [3.05, 3.63) is 80.6 Å². The van der Waals surface area contributed by atoms with Gasteiger partial charge in [0.1, 0.15) is 5.01 Å². The lowest BCUT2D eigenvalue weighted by Crippen LogP contribution is -2.27. The highest BCUT2D eigenvalue weighted by molar-refractivity contribution is 9.10. The van der Waals surface area contributed by atoms with Gasteiger partial charge in [-0.3, -0.25) is 14.5 Å². The van der Waals surface area contributed by atoms with Crippen molar-refractivity contribution in [2.24, 2.45) is 0 Å². The van der Waals surface area contributed by atoms with E-state index < -0.39 is 0 Å². The summed E-state index contributed by atoms with van der Waals surface area (Å²) in [5, 5.41) is 2.50. The smallest absolute Gasteiger partial charge is 0.268 e. The zero-order valence-electron chi connectivity index (χ0n) is 14.0. The third kappa shape index (κ3) is 3.90. The van der Waals surface area contributed by atoms with E-state index in [2.05, 4.69) is 20.9 Å². The molecule has 1 saturated heterocycles. The summed E-state index contributed by atoms with van der Waals surface area (Å²) in [4.78, 5) is 31.3. The van der Waals surface area contributed by atoms with Crippen LogP contribution in [0.25, 0.3) is 16.6 Å². The van der Waals surface area contributed by atoms with Gasteiger partial charge in [-0.2, -0.15) is 0 Å². The number of aromatic nitrogens is 1. The first-order valence-electron chi connectivity index (χ1n) is 8.11. The summed E-state index contributed by atoms with van der Waals surface area (Å²) in [6.07, 6.45) is 1.74. The molecule has 27 heavy (non-hydrogen) atoms. The SMILES string of the molecule is O=C1S/C(=C/c2ccccc2Br)C(=O)N1Cc1csc(-c2ccccc2)n1. The number of thioether (sulfide) groups is 1. The van der Waals surface area contributed by atoms with E-state index in [1.165, 1.54) is 16.2 Å². The molecule has 0 bridgehead atoms. The van der Waals surface area contributed by atoms with E-state index in [-0.39, 0.29) is 17.7 Å². The Morgan fingerprint density at radius 3 is 2.56 bits per heavy atom. The number of rotatable bonds is 4. The van der Waals surface area contributed by atoms with Gasteiger partial charge in [0, 0.05) is 15.4 Å². The third-order valence-corrected chi connectivity index (χ3v) is 6.53. The van der Waals surface area contributed by atoms with Gasteiger partial charge in [0.05, 0.1) is 17.1 Å². The van der Waals surface area contributed by atoms with Crippen LogP contribution in [0.3, 0.4) is 0 Å². The van der Waals surface area contributed by atoms with Crippen LogP contribution in [0.4, 0.5) is 4.79 Å². The molecule has 2 amide bonds. The molecule has 1 aliphatic heterocycles. The molecular weight excluding hydrogens is 444 g/mol. The molecule has 0 aliphatic carbocycles. The van der Waals surface area contributed by atoms with Crippen LogP contribution in [-0.2, 0) is 11.3 Å². The van der Waals surface area contributed by atoms with Crippen molar-refractivity contribution in [2.75, 3.05) is 0 Å². The second-order valence-electron chi connectivity index (χ2n) is 5.80. The molecule has 0 spiro atoms. The van der Waals surface area contributed by atoms with Crippen LogP contribution < -0.4 is 0 Å². The summed E-state index contributed by atoms with van der Waals surface area (Å²) in [6, 6.07) is 17.4. The number of amides is 2. The molecule has 0 atom stereocenters. The Morgan fingerprint density at radius 1 is 1.04 bits per heavy atom. The molecule has 0 unspecified atom stereocenters. The maximum absolute atomic E-state index is 12.7. The number of benzene rings is 2. The highest BCUT2D eigenvalue weighted by atomic mass is 79.9. The first kappa shape index (κ1) is 18.2. The molecule has 0 N–H and O–H groups in total. The number of imide groups is 1. The zero-order chi connectivity index (χ0) is 18.8. The van der Waals surface area contributed by atoms with Crippen molar-refractivity contribution in [1.82, 2.24) is 9.88 Å². The maximum Gasteiger partial charge on any atom is 0.293 e. The molecule has 4 nitrogen and oxygen atoms in total. The van der Waals surface area contributed by atoms with Crippen molar-refractivity contribution in [3.63, 3.8) is 0 Å². The van der Waals surface area contributed by atoms with Crippen LogP contribution in [-0.4, -0.2) is 21.0 Å². The Morgan fingerprint density at radius 2 is 1.78 bits per heavy atom. The quantitative estimate of drug-likeness (QED) is 0.464. The van der Waals surface area contributed by atoms with E-state index in [9.17, 15) is 9.59 Å². The monoisotopic (exact) mass is 456 g/mol. The van der Waals surface area contributed by atoms with Gasteiger partial charge in [0.25, 0.3) is 11.1 Å². The van der Waals surface area contributed by atoms with E-state index >= 15 is 0 Å². The Bertz CT molecular complexity index is 1050. The van der Waals surface area contributed by atoms with E-state index in [0.29, 0.717) is 10.6 Å². The van der Waals surface area contributed by atoms with Gasteiger partial charge in [-0.05, 0) is 29.5 Å². The number of carbonyl (C=O) groups is 2. The Labute approximate surface area is 173 Å². The lowest BCUT2D eigenvalue weighted by molar-refractivity contribution is -0.123. The van der Waals surface area contributed by atoms with Crippen LogP contribution in [0, 0.1) is 0 Å². The van der Waals surface area contributed by atoms with Crippen LogP contribution in [0.15, 0.2) is 69.4 Å². The topological polar surface area (TPSA) is 50.3 Å². The van der Waals surface area contributed by atoms with Crippen LogP contribution >= 0.6 is 39.0 Å². The van der Waals surface area contributed by atoms with E-state index in [4.69, 9.17) is 0 Å². The molecule has 4 rings (SSSR count). The van der Waals surface area contributed by atoms with Crippen molar-refractivity contribution in [3.8, 4) is 10.6 Å². The summed E-state index contributed by atoms with van der Waals surface area (Å²) in [5.41, 5.74) is 2.60. The molecule has 1 aromatic heterocycles. The Hall–Kier alpha value is -2.22. The summed E-state index contributed by atoms with van der Waals surface area (Å²) in [7, 11) is 0. The first-order chi connectivity index (χ1) is 13.1. The van der Waals surface area contributed by atoms with E-state index in [0.717, 1.165) is 32.4 Å². The lowest BCUT2D eigenvalue weighted by Gasteiger charge is -2.10. The van der Waals surface area contributed by atoms with Crippen molar-refractivity contribution < 1.29 is 9.59 Å². The predicted molar refractivity (Wildman–Crippen MR) is 113 cm³/mol. The molecular formula is C20H13BrN2O2S2. The molecule has 2 heterocycles. The standard InChI is InChI=1S/C20H13BrN2O2S2/c21-16-9-5-4-8-14(16)10-17-19(24)23(20(25)27-17)11-15-12-26-18(22-15)13-6-2-1-3-7-13/h1-10,12H,11H2/b17-10+. The van der Waals surface area contributed by atoms with Gasteiger partial charge in [-0.15, -0.1) is 11.3 Å². The summed E-state index contributed by atoms with van der Waals surface area (Å²) in [5.74, 6) is -0.282. The maximum atomic E-state index is 12.7. The number of halogens is 1. The molecule has 3 aromatic rings. The number of hydrogen-bond acceptors (Lipinski definition) is 5. The summed E-state index contributed by atoms with van der Waals surface area (Å²) < 4.78 is 0.879. The van der Waals surface area contributed by atoms with Gasteiger partial charge in [-0.1, -0.05) is 64.5 Å². The van der Waals surface area contributed by atoms with Gasteiger partial charge in [0.15, 0.2) is 0 Å². The zero-order valence-corrected chi connectivity index (χ0v) is 17.2. The second-order valence-corrected chi connectivity index (χ2v) is 8.51. The van der Waals surface area contributed by atoms with Gasteiger partial charge in [-0.25, -0.2) is 4.98 Å². The third-order valence-electron chi connectivity index (χ3n) is 3.96. The minimum atomic E-state index is -0.282. The van der Waals surface area contributed by atoms with Crippen LogP contribution in [0.1, 0.15) is 11.3 Å². The predicted octanol–water partition coefficient (Wildman–Crippen LogP) is 5.81. The van der Waals surface area contributed by atoms with Crippen molar-refractivity contribution in [2.45, 2.75) is 6.54 Å². The molecule has 0 radical (unpaired) electrons.